The summed E-state index contributed by atoms with van der Waals surface area (Å²) in [6, 6.07) is 7.95. The van der Waals surface area contributed by atoms with Crippen molar-refractivity contribution in [3.63, 3.8) is 0 Å². The predicted molar refractivity (Wildman–Crippen MR) is 74.7 cm³/mol. The molecule has 0 spiro atoms. The summed E-state index contributed by atoms with van der Waals surface area (Å²) in [5, 5.41) is 0. The number of Topliss-reactive ketones (excluding diaryl/α,β-unsaturated/α-hetero) is 1. The van der Waals surface area contributed by atoms with Gasteiger partial charge in [0.1, 0.15) is 11.5 Å². The molecule has 2 unspecified atom stereocenters. The van der Waals surface area contributed by atoms with Crippen LogP contribution in [0.1, 0.15) is 30.7 Å². The van der Waals surface area contributed by atoms with Crippen LogP contribution < -0.4 is 4.74 Å². The Kier molecular flexibility index (Phi) is 3.47. The molecule has 1 heterocycles. The Morgan fingerprint density at radius 1 is 1.20 bits per heavy atom. The lowest BCUT2D eigenvalue weighted by Crippen LogP contribution is -2.39. The molecule has 2 fully saturated rings. The minimum atomic E-state index is 0.108. The first-order valence-electron chi connectivity index (χ1n) is 7.13. The number of carbonyl (C=O) groups is 2. The van der Waals surface area contributed by atoms with E-state index in [0.29, 0.717) is 31.8 Å². The van der Waals surface area contributed by atoms with Crippen molar-refractivity contribution in [1.29, 1.82) is 0 Å². The van der Waals surface area contributed by atoms with Gasteiger partial charge in [-0.2, -0.15) is 0 Å². The molecule has 0 aromatic heterocycles. The first-order valence-corrected chi connectivity index (χ1v) is 7.13. The van der Waals surface area contributed by atoms with Gasteiger partial charge in [0.15, 0.2) is 0 Å². The highest BCUT2D eigenvalue weighted by Gasteiger charge is 2.46. The van der Waals surface area contributed by atoms with Crippen LogP contribution in [0.25, 0.3) is 0 Å². The Bertz CT molecular complexity index is 513. The number of nitrogens with zero attached hydrogens (tertiary/aromatic N) is 1. The minimum Gasteiger partial charge on any atom is -0.497 e. The van der Waals surface area contributed by atoms with Crippen LogP contribution in [-0.2, 0) is 9.59 Å². The number of ether oxygens (including phenoxy) is 1. The maximum Gasteiger partial charge on any atom is 0.226 e. The van der Waals surface area contributed by atoms with Gasteiger partial charge < -0.3 is 9.64 Å². The van der Waals surface area contributed by atoms with Gasteiger partial charge in [-0.05, 0) is 30.0 Å². The number of benzene rings is 1. The zero-order chi connectivity index (χ0) is 14.1. The number of piperidine rings is 1. The van der Waals surface area contributed by atoms with Crippen molar-refractivity contribution >= 4 is 11.7 Å². The highest BCUT2D eigenvalue weighted by atomic mass is 16.5. The van der Waals surface area contributed by atoms with Gasteiger partial charge in [-0.25, -0.2) is 0 Å². The van der Waals surface area contributed by atoms with E-state index in [1.54, 1.807) is 7.11 Å². The number of likely N-dealkylation sites (tertiary alicyclic amines) is 1. The van der Waals surface area contributed by atoms with Crippen molar-refractivity contribution in [3.05, 3.63) is 29.8 Å². The topological polar surface area (TPSA) is 46.6 Å². The van der Waals surface area contributed by atoms with E-state index < -0.39 is 0 Å². The second-order valence-corrected chi connectivity index (χ2v) is 5.59. The summed E-state index contributed by atoms with van der Waals surface area (Å²) in [5.74, 6) is 1.78. The van der Waals surface area contributed by atoms with E-state index in [-0.39, 0.29) is 17.6 Å². The molecule has 2 aliphatic rings. The van der Waals surface area contributed by atoms with E-state index in [1.807, 2.05) is 29.2 Å². The standard InChI is InChI=1S/C16H19NO3/c1-20-13-4-2-11(3-5-13)14-10-15(14)16(19)17-8-6-12(18)7-9-17/h2-5,14-15H,6-10H2,1H3. The molecule has 2 atom stereocenters. The number of rotatable bonds is 3. The van der Waals surface area contributed by atoms with Gasteiger partial charge in [-0.1, -0.05) is 12.1 Å². The molecule has 4 heteroatoms. The summed E-state index contributed by atoms with van der Waals surface area (Å²) >= 11 is 0. The number of amides is 1. The van der Waals surface area contributed by atoms with Crippen LogP contribution in [0.3, 0.4) is 0 Å². The van der Waals surface area contributed by atoms with Crippen LogP contribution in [0.5, 0.6) is 5.75 Å². The Morgan fingerprint density at radius 3 is 2.45 bits per heavy atom. The Hall–Kier alpha value is -1.84. The summed E-state index contributed by atoms with van der Waals surface area (Å²) < 4.78 is 5.14. The monoisotopic (exact) mass is 273 g/mol. The normalized spacial score (nSPS) is 25.4. The van der Waals surface area contributed by atoms with Crippen LogP contribution in [-0.4, -0.2) is 36.8 Å². The minimum absolute atomic E-state index is 0.108. The zero-order valence-electron chi connectivity index (χ0n) is 11.7. The van der Waals surface area contributed by atoms with Crippen LogP contribution in [0, 0.1) is 5.92 Å². The second kappa shape index (κ2) is 5.27. The van der Waals surface area contributed by atoms with Crippen LogP contribution >= 0.6 is 0 Å². The van der Waals surface area contributed by atoms with Gasteiger partial charge in [-0.3, -0.25) is 9.59 Å². The van der Waals surface area contributed by atoms with E-state index in [2.05, 4.69) is 0 Å². The van der Waals surface area contributed by atoms with Crippen molar-refractivity contribution in [2.45, 2.75) is 25.2 Å². The lowest BCUT2D eigenvalue weighted by atomic mass is 10.1. The fourth-order valence-corrected chi connectivity index (χ4v) is 2.90. The first kappa shape index (κ1) is 13.2. The quantitative estimate of drug-likeness (QED) is 0.846. The van der Waals surface area contributed by atoms with Gasteiger partial charge >= 0.3 is 0 Å². The smallest absolute Gasteiger partial charge is 0.226 e. The lowest BCUT2D eigenvalue weighted by Gasteiger charge is -2.26. The average Bonchev–Trinajstić information content (AvgIpc) is 3.28. The maximum atomic E-state index is 12.4. The number of methoxy groups -OCH3 is 1. The third-order valence-electron chi connectivity index (χ3n) is 4.28. The molecule has 1 aliphatic carbocycles. The van der Waals surface area contributed by atoms with E-state index in [4.69, 9.17) is 4.74 Å². The molecule has 0 bridgehead atoms. The van der Waals surface area contributed by atoms with E-state index in [0.717, 1.165) is 12.2 Å². The average molecular weight is 273 g/mol. The van der Waals surface area contributed by atoms with Crippen molar-refractivity contribution < 1.29 is 14.3 Å². The summed E-state index contributed by atoms with van der Waals surface area (Å²) in [4.78, 5) is 25.4. The number of hydrogen-bond acceptors (Lipinski definition) is 3. The van der Waals surface area contributed by atoms with Gasteiger partial charge in [0.25, 0.3) is 0 Å². The summed E-state index contributed by atoms with van der Waals surface area (Å²) in [5.41, 5.74) is 1.21. The van der Waals surface area contributed by atoms with Gasteiger partial charge in [0.2, 0.25) is 5.91 Å². The molecular formula is C16H19NO3. The Balaban J connectivity index is 1.60. The molecule has 106 valence electrons. The SMILES string of the molecule is COc1ccc(C2CC2C(=O)N2CCC(=O)CC2)cc1. The zero-order valence-corrected chi connectivity index (χ0v) is 11.7. The lowest BCUT2D eigenvalue weighted by molar-refractivity contribution is -0.135. The van der Waals surface area contributed by atoms with Crippen LogP contribution in [0.4, 0.5) is 0 Å². The van der Waals surface area contributed by atoms with Gasteiger partial charge in [-0.15, -0.1) is 0 Å². The summed E-state index contributed by atoms with van der Waals surface area (Å²) in [6.45, 7) is 1.20. The number of carbonyl (C=O) groups excluding carboxylic acids is 2. The third kappa shape index (κ3) is 2.55. The molecule has 4 nitrogen and oxygen atoms in total. The van der Waals surface area contributed by atoms with E-state index in [1.165, 1.54) is 5.56 Å². The molecule has 20 heavy (non-hydrogen) atoms. The molecule has 3 rings (SSSR count). The molecule has 1 saturated carbocycles. The molecule has 1 amide bonds. The third-order valence-corrected chi connectivity index (χ3v) is 4.28. The van der Waals surface area contributed by atoms with Crippen molar-refractivity contribution in [3.8, 4) is 5.75 Å². The Labute approximate surface area is 118 Å². The molecule has 1 aliphatic heterocycles. The van der Waals surface area contributed by atoms with Gasteiger partial charge in [0, 0.05) is 31.8 Å². The summed E-state index contributed by atoms with van der Waals surface area (Å²) in [6.07, 6.45) is 1.97. The van der Waals surface area contributed by atoms with Crippen molar-refractivity contribution in [2.24, 2.45) is 5.92 Å². The predicted octanol–water partition coefficient (Wildman–Crippen LogP) is 1.99. The molecule has 0 radical (unpaired) electrons. The number of ketones is 1. The number of hydrogen-bond donors (Lipinski definition) is 0. The first-order chi connectivity index (χ1) is 9.69. The molecular weight excluding hydrogens is 254 g/mol. The summed E-state index contributed by atoms with van der Waals surface area (Å²) in [7, 11) is 1.65. The van der Waals surface area contributed by atoms with Crippen LogP contribution in [0.2, 0.25) is 0 Å². The highest BCUT2D eigenvalue weighted by Crippen LogP contribution is 2.48. The maximum absolute atomic E-state index is 12.4. The molecule has 1 aromatic rings. The fraction of sp³-hybridized carbons (Fsp3) is 0.500. The second-order valence-electron chi connectivity index (χ2n) is 5.59. The van der Waals surface area contributed by atoms with E-state index in [9.17, 15) is 9.59 Å². The van der Waals surface area contributed by atoms with E-state index >= 15 is 0 Å². The molecule has 0 N–H and O–H groups in total. The van der Waals surface area contributed by atoms with Crippen molar-refractivity contribution in [2.75, 3.05) is 20.2 Å². The fourth-order valence-electron chi connectivity index (χ4n) is 2.90. The highest BCUT2D eigenvalue weighted by molar-refractivity contribution is 5.86. The Morgan fingerprint density at radius 2 is 1.85 bits per heavy atom. The molecule has 1 saturated heterocycles. The van der Waals surface area contributed by atoms with Crippen LogP contribution in [0.15, 0.2) is 24.3 Å². The van der Waals surface area contributed by atoms with Gasteiger partial charge in [0.05, 0.1) is 7.11 Å². The van der Waals surface area contributed by atoms with Crippen molar-refractivity contribution in [1.82, 2.24) is 4.90 Å². The largest absolute Gasteiger partial charge is 0.497 e. The molecule has 1 aromatic carbocycles.